The second-order valence-electron chi connectivity index (χ2n) is 4.11. The second kappa shape index (κ2) is 9.51. The summed E-state index contributed by atoms with van der Waals surface area (Å²) in [7, 11) is 0. The van der Waals surface area contributed by atoms with Crippen LogP contribution >= 0.6 is 24.0 Å². The minimum absolute atomic E-state index is 0.00622. The van der Waals surface area contributed by atoms with E-state index in [0.29, 0.717) is 35.8 Å². The number of carbonyl (C=O) groups is 1. The van der Waals surface area contributed by atoms with Gasteiger partial charge in [-0.05, 0) is 25.6 Å². The van der Waals surface area contributed by atoms with E-state index in [1.54, 1.807) is 12.1 Å². The van der Waals surface area contributed by atoms with Crippen molar-refractivity contribution in [1.29, 1.82) is 5.26 Å². The Bertz CT molecular complexity index is 482. The third kappa shape index (κ3) is 6.18. The van der Waals surface area contributed by atoms with Gasteiger partial charge < -0.3 is 4.74 Å². The number of nitrogens with zero attached hydrogens (tertiary/aromatic N) is 1. The lowest BCUT2D eigenvalue weighted by atomic mass is 10.0. The van der Waals surface area contributed by atoms with Crippen molar-refractivity contribution in [2.75, 3.05) is 6.61 Å². The van der Waals surface area contributed by atoms with E-state index in [2.05, 4.69) is 6.07 Å². The highest BCUT2D eigenvalue weighted by Crippen LogP contribution is 2.23. The van der Waals surface area contributed by atoms with Gasteiger partial charge in [-0.2, -0.15) is 5.26 Å². The second-order valence-corrected chi connectivity index (χ2v) is 6.02. The van der Waals surface area contributed by atoms with Gasteiger partial charge in [0.15, 0.2) is 5.78 Å². The number of hydrogen-bond acceptors (Lipinski definition) is 5. The van der Waals surface area contributed by atoms with Crippen LogP contribution in [0.2, 0.25) is 0 Å². The molecule has 1 rings (SSSR count). The molecule has 0 heterocycles. The molecule has 0 amide bonds. The Kier molecular flexibility index (Phi) is 7.93. The molecule has 20 heavy (non-hydrogen) atoms. The standard InChI is InChI=1S/C15H17NO2S2/c1-2-18-15(19)20-13(10-11-16)8-9-14(17)12-6-4-3-5-7-12/h3-7,13H,2,8-10H2,1H3. The average Bonchev–Trinajstić information content (AvgIpc) is 2.46. The van der Waals surface area contributed by atoms with Gasteiger partial charge in [0.1, 0.15) is 0 Å². The van der Waals surface area contributed by atoms with Crippen LogP contribution in [0.25, 0.3) is 0 Å². The monoisotopic (exact) mass is 307 g/mol. The van der Waals surface area contributed by atoms with E-state index in [0.717, 1.165) is 0 Å². The van der Waals surface area contributed by atoms with Crippen LogP contribution in [0.4, 0.5) is 0 Å². The maximum Gasteiger partial charge on any atom is 0.220 e. The fourth-order valence-electron chi connectivity index (χ4n) is 1.65. The highest BCUT2D eigenvalue weighted by molar-refractivity contribution is 8.23. The summed E-state index contributed by atoms with van der Waals surface area (Å²) >= 11 is 6.43. The molecule has 0 N–H and O–H groups in total. The fourth-order valence-corrected chi connectivity index (χ4v) is 3.03. The number of benzene rings is 1. The Balaban J connectivity index is 2.48. The molecule has 3 nitrogen and oxygen atoms in total. The smallest absolute Gasteiger partial charge is 0.220 e. The van der Waals surface area contributed by atoms with Crippen LogP contribution < -0.4 is 0 Å². The molecular weight excluding hydrogens is 290 g/mol. The molecule has 5 heteroatoms. The predicted octanol–water partition coefficient (Wildman–Crippen LogP) is 3.99. The summed E-state index contributed by atoms with van der Waals surface area (Å²) in [6, 6.07) is 11.3. The lowest BCUT2D eigenvalue weighted by Crippen LogP contribution is -2.10. The molecule has 0 radical (unpaired) electrons. The molecule has 0 bridgehead atoms. The van der Waals surface area contributed by atoms with Gasteiger partial charge >= 0.3 is 0 Å². The van der Waals surface area contributed by atoms with Gasteiger partial charge in [-0.15, -0.1) is 0 Å². The van der Waals surface area contributed by atoms with E-state index in [4.69, 9.17) is 22.2 Å². The summed E-state index contributed by atoms with van der Waals surface area (Å²) in [5, 5.41) is 8.84. The minimum Gasteiger partial charge on any atom is -0.479 e. The van der Waals surface area contributed by atoms with Gasteiger partial charge in [-0.1, -0.05) is 42.1 Å². The molecule has 1 atom stereocenters. The molecule has 0 aromatic heterocycles. The fraction of sp³-hybridized carbons (Fsp3) is 0.400. The molecule has 1 aromatic carbocycles. The molecule has 0 aliphatic rings. The quantitative estimate of drug-likeness (QED) is 0.563. The molecule has 0 spiro atoms. The lowest BCUT2D eigenvalue weighted by molar-refractivity contribution is 0.0980. The van der Waals surface area contributed by atoms with E-state index < -0.39 is 0 Å². The molecule has 0 saturated carbocycles. The van der Waals surface area contributed by atoms with Gasteiger partial charge in [0.05, 0.1) is 12.7 Å². The number of ether oxygens (including phenoxy) is 1. The summed E-state index contributed by atoms with van der Waals surface area (Å²) in [6.07, 6.45) is 1.40. The average molecular weight is 307 g/mol. The number of rotatable bonds is 7. The Morgan fingerprint density at radius 2 is 2.15 bits per heavy atom. The predicted molar refractivity (Wildman–Crippen MR) is 85.8 cm³/mol. The number of Topliss-reactive ketones (excluding diaryl/α,β-unsaturated/α-hetero) is 1. The third-order valence-corrected chi connectivity index (χ3v) is 4.09. The molecule has 0 aliphatic heterocycles. The molecular formula is C15H17NO2S2. The molecule has 0 saturated heterocycles. The molecule has 106 valence electrons. The molecule has 0 aliphatic carbocycles. The Morgan fingerprint density at radius 1 is 1.45 bits per heavy atom. The maximum absolute atomic E-state index is 12.0. The largest absolute Gasteiger partial charge is 0.479 e. The van der Waals surface area contributed by atoms with Crippen molar-refractivity contribution in [3.05, 3.63) is 35.9 Å². The van der Waals surface area contributed by atoms with Crippen molar-refractivity contribution < 1.29 is 9.53 Å². The van der Waals surface area contributed by atoms with Gasteiger partial charge in [0.2, 0.25) is 4.38 Å². The first-order chi connectivity index (χ1) is 9.67. The van der Waals surface area contributed by atoms with E-state index in [-0.39, 0.29) is 11.0 Å². The van der Waals surface area contributed by atoms with Gasteiger partial charge in [0, 0.05) is 23.7 Å². The van der Waals surface area contributed by atoms with Crippen LogP contribution in [0.1, 0.15) is 36.5 Å². The summed E-state index contributed by atoms with van der Waals surface area (Å²) < 4.78 is 5.65. The van der Waals surface area contributed by atoms with Crippen molar-refractivity contribution >= 4 is 34.1 Å². The summed E-state index contributed by atoms with van der Waals surface area (Å²) in [5.74, 6) is 0.0940. The lowest BCUT2D eigenvalue weighted by Gasteiger charge is -2.13. The van der Waals surface area contributed by atoms with Gasteiger partial charge in [-0.3, -0.25) is 4.79 Å². The first-order valence-electron chi connectivity index (χ1n) is 6.46. The number of ketones is 1. The van der Waals surface area contributed by atoms with Crippen molar-refractivity contribution in [1.82, 2.24) is 0 Å². The Morgan fingerprint density at radius 3 is 2.75 bits per heavy atom. The van der Waals surface area contributed by atoms with Crippen LogP contribution in [0, 0.1) is 11.3 Å². The Hall–Kier alpha value is -1.38. The SMILES string of the molecule is CCOC(=S)SC(CC#N)CCC(=O)c1ccccc1. The van der Waals surface area contributed by atoms with Crippen LogP contribution in [0.5, 0.6) is 0 Å². The topological polar surface area (TPSA) is 50.1 Å². The summed E-state index contributed by atoms with van der Waals surface area (Å²) in [6.45, 7) is 2.39. The van der Waals surface area contributed by atoms with Crippen LogP contribution in [-0.2, 0) is 4.74 Å². The molecule has 1 unspecified atom stereocenters. The van der Waals surface area contributed by atoms with E-state index in [1.807, 2.05) is 25.1 Å². The highest BCUT2D eigenvalue weighted by atomic mass is 32.2. The number of hydrogen-bond donors (Lipinski definition) is 0. The highest BCUT2D eigenvalue weighted by Gasteiger charge is 2.15. The number of thiocarbonyl (C=S) groups is 1. The van der Waals surface area contributed by atoms with E-state index >= 15 is 0 Å². The normalized spacial score (nSPS) is 11.4. The zero-order valence-electron chi connectivity index (χ0n) is 11.4. The first kappa shape index (κ1) is 16.7. The molecule has 0 fully saturated rings. The number of nitriles is 1. The van der Waals surface area contributed by atoms with E-state index in [9.17, 15) is 4.79 Å². The Labute approximate surface area is 129 Å². The van der Waals surface area contributed by atoms with Gasteiger partial charge in [-0.25, -0.2) is 0 Å². The van der Waals surface area contributed by atoms with Crippen molar-refractivity contribution in [2.45, 2.75) is 31.4 Å². The first-order valence-corrected chi connectivity index (χ1v) is 7.74. The third-order valence-electron chi connectivity index (χ3n) is 2.63. The van der Waals surface area contributed by atoms with Crippen LogP contribution in [-0.4, -0.2) is 22.0 Å². The number of carbonyl (C=O) groups excluding carboxylic acids is 1. The zero-order chi connectivity index (χ0) is 14.8. The van der Waals surface area contributed by atoms with Crippen LogP contribution in [0.15, 0.2) is 30.3 Å². The minimum atomic E-state index is 0.00622. The zero-order valence-corrected chi connectivity index (χ0v) is 13.0. The van der Waals surface area contributed by atoms with Crippen molar-refractivity contribution in [3.8, 4) is 6.07 Å². The summed E-state index contributed by atoms with van der Waals surface area (Å²) in [5.41, 5.74) is 0.709. The van der Waals surface area contributed by atoms with Crippen molar-refractivity contribution in [2.24, 2.45) is 0 Å². The van der Waals surface area contributed by atoms with Crippen LogP contribution in [0.3, 0.4) is 0 Å². The maximum atomic E-state index is 12.0. The van der Waals surface area contributed by atoms with Crippen molar-refractivity contribution in [3.63, 3.8) is 0 Å². The molecule has 1 aromatic rings. The van der Waals surface area contributed by atoms with E-state index in [1.165, 1.54) is 11.8 Å². The van der Waals surface area contributed by atoms with Gasteiger partial charge in [0.25, 0.3) is 0 Å². The summed E-state index contributed by atoms with van der Waals surface area (Å²) in [4.78, 5) is 12.0. The number of thioether (sulfide) groups is 1.